The summed E-state index contributed by atoms with van der Waals surface area (Å²) in [6, 6.07) is 3.94. The van der Waals surface area contributed by atoms with Crippen LogP contribution in [-0.2, 0) is 16.5 Å². The Morgan fingerprint density at radius 3 is 2.60 bits per heavy atom. The van der Waals surface area contributed by atoms with Crippen LogP contribution in [0.1, 0.15) is 35.5 Å². The van der Waals surface area contributed by atoms with E-state index in [1.165, 1.54) is 0 Å². The van der Waals surface area contributed by atoms with E-state index in [4.69, 9.17) is 9.47 Å². The third kappa shape index (κ3) is 3.73. The summed E-state index contributed by atoms with van der Waals surface area (Å²) in [7, 11) is 1.95. The van der Waals surface area contributed by atoms with Gasteiger partial charge in [0.25, 0.3) is 0 Å². The number of aromatic nitrogens is 3. The lowest BCUT2D eigenvalue weighted by Gasteiger charge is -2.31. The maximum Gasteiger partial charge on any atom is 0.338 e. The zero-order valence-corrected chi connectivity index (χ0v) is 18.0. The first-order valence-corrected chi connectivity index (χ1v) is 10.2. The summed E-state index contributed by atoms with van der Waals surface area (Å²) in [6.07, 6.45) is 5.63. The molecule has 3 aromatic rings. The van der Waals surface area contributed by atoms with Crippen LogP contribution in [0.15, 0.2) is 37.4 Å². The minimum absolute atomic E-state index is 0.185. The normalized spacial score (nSPS) is 14.5. The first kappa shape index (κ1) is 20.2. The molecule has 7 heteroatoms. The predicted molar refractivity (Wildman–Crippen MR) is 116 cm³/mol. The molecule has 4 heterocycles. The second kappa shape index (κ2) is 7.99. The zero-order chi connectivity index (χ0) is 21.4. The van der Waals surface area contributed by atoms with Gasteiger partial charge in [-0.3, -0.25) is 0 Å². The van der Waals surface area contributed by atoms with Gasteiger partial charge in [0.2, 0.25) is 0 Å². The van der Waals surface area contributed by atoms with Crippen LogP contribution in [0.2, 0.25) is 0 Å². The van der Waals surface area contributed by atoms with E-state index >= 15 is 0 Å². The number of hydrogen-bond acceptors (Lipinski definition) is 5. The number of carbonyl (C=O) groups is 1. The SMILES string of the molecule is C=C(c1c(C)c(C(=O)OC(C)C)cc2cc(-c3cn(C)cn3)cn12)N1CCOCC1. The third-order valence-corrected chi connectivity index (χ3v) is 5.37. The molecule has 0 spiro atoms. The minimum Gasteiger partial charge on any atom is -0.459 e. The number of carbonyl (C=O) groups excluding carboxylic acids is 1. The maximum atomic E-state index is 12.8. The van der Waals surface area contributed by atoms with Crippen molar-refractivity contribution in [2.24, 2.45) is 7.05 Å². The van der Waals surface area contributed by atoms with E-state index in [0.29, 0.717) is 18.8 Å². The van der Waals surface area contributed by atoms with Gasteiger partial charge in [0.15, 0.2) is 0 Å². The lowest BCUT2D eigenvalue weighted by atomic mass is 10.0. The van der Waals surface area contributed by atoms with Crippen molar-refractivity contribution < 1.29 is 14.3 Å². The molecule has 0 saturated carbocycles. The van der Waals surface area contributed by atoms with Gasteiger partial charge in [-0.15, -0.1) is 0 Å². The summed E-state index contributed by atoms with van der Waals surface area (Å²) in [5.41, 5.74) is 5.98. The molecule has 0 atom stereocenters. The van der Waals surface area contributed by atoms with Crippen molar-refractivity contribution in [3.05, 3.63) is 54.3 Å². The molecular formula is C23H28N4O3. The van der Waals surface area contributed by atoms with Gasteiger partial charge < -0.3 is 23.3 Å². The summed E-state index contributed by atoms with van der Waals surface area (Å²) >= 11 is 0. The summed E-state index contributed by atoms with van der Waals surface area (Å²) in [6.45, 7) is 12.9. The van der Waals surface area contributed by atoms with Crippen LogP contribution in [0.3, 0.4) is 0 Å². The molecule has 3 aromatic heterocycles. The Labute approximate surface area is 176 Å². The summed E-state index contributed by atoms with van der Waals surface area (Å²) in [5, 5.41) is 0. The fourth-order valence-corrected chi connectivity index (χ4v) is 3.88. The molecule has 0 aliphatic carbocycles. The third-order valence-electron chi connectivity index (χ3n) is 5.37. The molecule has 0 unspecified atom stereocenters. The van der Waals surface area contributed by atoms with Gasteiger partial charge in [0.05, 0.1) is 48.3 Å². The average molecular weight is 409 g/mol. The van der Waals surface area contributed by atoms with Crippen LogP contribution in [0.4, 0.5) is 0 Å². The van der Waals surface area contributed by atoms with Gasteiger partial charge in [-0.2, -0.15) is 0 Å². The molecule has 1 aliphatic rings. The van der Waals surface area contributed by atoms with E-state index in [1.54, 1.807) is 6.33 Å². The van der Waals surface area contributed by atoms with Gasteiger partial charge >= 0.3 is 5.97 Å². The van der Waals surface area contributed by atoms with Crippen molar-refractivity contribution in [1.29, 1.82) is 0 Å². The van der Waals surface area contributed by atoms with Gasteiger partial charge in [-0.25, -0.2) is 9.78 Å². The van der Waals surface area contributed by atoms with Gasteiger partial charge in [-0.1, -0.05) is 6.58 Å². The van der Waals surface area contributed by atoms with Crippen molar-refractivity contribution in [3.8, 4) is 11.3 Å². The highest BCUT2D eigenvalue weighted by Crippen LogP contribution is 2.31. The number of morpholine rings is 1. The number of fused-ring (bicyclic) bond motifs is 1. The standard InChI is InChI=1S/C23H28N4O3/c1-15(2)30-23(28)20-11-19-10-18(21-13-25(5)14-24-21)12-27(19)22(16(20)3)17(4)26-6-8-29-9-7-26/h10-15H,4,6-9H2,1-3,5H3. The topological polar surface area (TPSA) is 61.0 Å². The van der Waals surface area contributed by atoms with Crippen LogP contribution < -0.4 is 0 Å². The number of aryl methyl sites for hydroxylation is 1. The number of hydrogen-bond donors (Lipinski definition) is 0. The Morgan fingerprint density at radius 2 is 1.97 bits per heavy atom. The van der Waals surface area contributed by atoms with E-state index in [1.807, 2.05) is 50.7 Å². The quantitative estimate of drug-likeness (QED) is 0.605. The Balaban J connectivity index is 1.88. The number of esters is 1. The van der Waals surface area contributed by atoms with Crippen LogP contribution in [0, 0.1) is 6.92 Å². The monoisotopic (exact) mass is 408 g/mol. The maximum absolute atomic E-state index is 12.8. The Hall–Kier alpha value is -3.06. The first-order valence-electron chi connectivity index (χ1n) is 10.2. The molecule has 0 radical (unpaired) electrons. The van der Waals surface area contributed by atoms with Crippen molar-refractivity contribution in [2.45, 2.75) is 26.9 Å². The lowest BCUT2D eigenvalue weighted by Crippen LogP contribution is -2.35. The molecule has 0 aromatic carbocycles. The van der Waals surface area contributed by atoms with Crippen molar-refractivity contribution in [2.75, 3.05) is 26.3 Å². The molecule has 0 amide bonds. The largest absolute Gasteiger partial charge is 0.459 e. The second-order valence-electron chi connectivity index (χ2n) is 7.98. The van der Waals surface area contributed by atoms with Gasteiger partial charge in [-0.05, 0) is 38.5 Å². The van der Waals surface area contributed by atoms with Crippen LogP contribution >= 0.6 is 0 Å². The molecule has 0 N–H and O–H groups in total. The predicted octanol–water partition coefficient (Wildman–Crippen LogP) is 3.52. The zero-order valence-electron chi connectivity index (χ0n) is 18.0. The molecule has 0 bridgehead atoms. The summed E-state index contributed by atoms with van der Waals surface area (Å²) in [4.78, 5) is 19.5. The molecule has 158 valence electrons. The van der Waals surface area contributed by atoms with Crippen LogP contribution in [0.25, 0.3) is 22.5 Å². The van der Waals surface area contributed by atoms with E-state index in [-0.39, 0.29) is 12.1 Å². The molecule has 1 fully saturated rings. The molecular weight excluding hydrogens is 380 g/mol. The molecule has 7 nitrogen and oxygen atoms in total. The van der Waals surface area contributed by atoms with Gasteiger partial charge in [0, 0.05) is 43.6 Å². The smallest absolute Gasteiger partial charge is 0.338 e. The highest BCUT2D eigenvalue weighted by molar-refractivity contribution is 5.94. The number of nitrogens with zero attached hydrogens (tertiary/aromatic N) is 4. The minimum atomic E-state index is -0.318. The summed E-state index contributed by atoms with van der Waals surface area (Å²) in [5.74, 6) is -0.318. The molecule has 1 aliphatic heterocycles. The van der Waals surface area contributed by atoms with Crippen LogP contribution in [0.5, 0.6) is 0 Å². The van der Waals surface area contributed by atoms with E-state index < -0.39 is 0 Å². The van der Waals surface area contributed by atoms with Gasteiger partial charge in [0.1, 0.15) is 0 Å². The Morgan fingerprint density at radius 1 is 1.23 bits per heavy atom. The molecule has 4 rings (SSSR count). The fraction of sp³-hybridized carbons (Fsp3) is 0.391. The van der Waals surface area contributed by atoms with Crippen molar-refractivity contribution in [3.63, 3.8) is 0 Å². The number of ether oxygens (including phenoxy) is 2. The molecule has 30 heavy (non-hydrogen) atoms. The van der Waals surface area contributed by atoms with Crippen molar-refractivity contribution >= 4 is 17.2 Å². The average Bonchev–Trinajstić information content (AvgIpc) is 3.33. The van der Waals surface area contributed by atoms with E-state index in [9.17, 15) is 4.79 Å². The number of imidazole rings is 1. The Bertz CT molecular complexity index is 1100. The van der Waals surface area contributed by atoms with E-state index in [2.05, 4.69) is 27.1 Å². The summed E-state index contributed by atoms with van der Waals surface area (Å²) < 4.78 is 15.0. The number of pyridine rings is 1. The van der Waals surface area contributed by atoms with Crippen LogP contribution in [-0.4, -0.2) is 57.2 Å². The molecule has 1 saturated heterocycles. The second-order valence-corrected chi connectivity index (χ2v) is 7.98. The number of rotatable bonds is 5. The van der Waals surface area contributed by atoms with Crippen molar-refractivity contribution in [1.82, 2.24) is 18.9 Å². The van der Waals surface area contributed by atoms with E-state index in [0.717, 1.165) is 46.8 Å². The lowest BCUT2D eigenvalue weighted by molar-refractivity contribution is 0.0377. The Kier molecular flexibility index (Phi) is 5.39. The fourth-order valence-electron chi connectivity index (χ4n) is 3.88. The highest BCUT2D eigenvalue weighted by atomic mass is 16.5. The first-order chi connectivity index (χ1) is 14.3. The highest BCUT2D eigenvalue weighted by Gasteiger charge is 2.23.